The lowest BCUT2D eigenvalue weighted by Crippen LogP contribution is -2.50. The van der Waals surface area contributed by atoms with Crippen molar-refractivity contribution in [1.82, 2.24) is 9.80 Å². The second-order valence-electron chi connectivity index (χ2n) is 7.45. The van der Waals surface area contributed by atoms with Crippen molar-refractivity contribution in [3.8, 4) is 0 Å². The normalized spacial score (nSPS) is 19.2. The molecule has 0 spiro atoms. The van der Waals surface area contributed by atoms with Crippen molar-refractivity contribution in [1.29, 1.82) is 0 Å². The minimum atomic E-state index is -0.0208. The van der Waals surface area contributed by atoms with Gasteiger partial charge in [0.25, 0.3) is 0 Å². The molecule has 5 nitrogen and oxygen atoms in total. The Morgan fingerprint density at radius 2 is 1.56 bits per heavy atom. The van der Waals surface area contributed by atoms with Crippen LogP contribution in [-0.4, -0.2) is 60.9 Å². The third-order valence-corrected chi connectivity index (χ3v) is 5.44. The van der Waals surface area contributed by atoms with E-state index < -0.39 is 0 Å². The summed E-state index contributed by atoms with van der Waals surface area (Å²) in [4.78, 5) is 30.8. The molecule has 2 aliphatic rings. The maximum absolute atomic E-state index is 12.5. The molecule has 25 heavy (non-hydrogen) atoms. The largest absolute Gasteiger partial charge is 0.368 e. The Kier molecular flexibility index (Phi) is 5.61. The van der Waals surface area contributed by atoms with E-state index in [4.69, 9.17) is 0 Å². The molecule has 2 fully saturated rings. The molecular formula is C20H29N3O2. The molecule has 2 saturated heterocycles. The van der Waals surface area contributed by atoms with E-state index in [2.05, 4.69) is 43.0 Å². The number of nitrogens with zero attached hydrogens (tertiary/aromatic N) is 3. The molecule has 2 aliphatic heterocycles. The molecule has 1 aromatic rings. The van der Waals surface area contributed by atoms with E-state index in [-0.39, 0.29) is 18.2 Å². The molecule has 1 aromatic carbocycles. The third-order valence-electron chi connectivity index (χ3n) is 5.44. The molecule has 5 heteroatoms. The molecular weight excluding hydrogens is 314 g/mol. The van der Waals surface area contributed by atoms with Crippen LogP contribution in [0.2, 0.25) is 0 Å². The number of piperidine rings is 1. The number of rotatable bonds is 3. The van der Waals surface area contributed by atoms with Gasteiger partial charge in [0.2, 0.25) is 11.8 Å². The lowest BCUT2D eigenvalue weighted by molar-refractivity contribution is -0.141. The molecule has 0 radical (unpaired) electrons. The zero-order chi connectivity index (χ0) is 17.8. The first-order chi connectivity index (χ1) is 12.0. The van der Waals surface area contributed by atoms with Crippen LogP contribution >= 0.6 is 0 Å². The summed E-state index contributed by atoms with van der Waals surface area (Å²) in [7, 11) is 0. The number of benzene rings is 1. The van der Waals surface area contributed by atoms with Gasteiger partial charge in [-0.05, 0) is 43.4 Å². The highest BCUT2D eigenvalue weighted by Gasteiger charge is 2.26. The van der Waals surface area contributed by atoms with E-state index in [0.29, 0.717) is 19.0 Å². The summed E-state index contributed by atoms with van der Waals surface area (Å²) in [5.41, 5.74) is 2.46. The maximum atomic E-state index is 12.5. The Labute approximate surface area is 150 Å². The van der Waals surface area contributed by atoms with Gasteiger partial charge < -0.3 is 14.7 Å². The van der Waals surface area contributed by atoms with Crippen molar-refractivity contribution in [2.75, 3.05) is 44.2 Å². The summed E-state index contributed by atoms with van der Waals surface area (Å²) in [6, 6.07) is 8.46. The van der Waals surface area contributed by atoms with E-state index >= 15 is 0 Å². The van der Waals surface area contributed by atoms with E-state index in [9.17, 15) is 9.59 Å². The Balaban J connectivity index is 1.47. The first-order valence-corrected chi connectivity index (χ1v) is 9.40. The van der Waals surface area contributed by atoms with Crippen molar-refractivity contribution in [3.05, 3.63) is 29.8 Å². The van der Waals surface area contributed by atoms with Crippen LogP contribution in [0.15, 0.2) is 24.3 Å². The lowest BCUT2D eigenvalue weighted by Gasteiger charge is -2.37. The van der Waals surface area contributed by atoms with Crippen molar-refractivity contribution in [2.24, 2.45) is 5.92 Å². The average Bonchev–Trinajstić information content (AvgIpc) is 2.62. The minimum absolute atomic E-state index is 0.00184. The van der Waals surface area contributed by atoms with Crippen LogP contribution in [0.4, 0.5) is 5.69 Å². The highest BCUT2D eigenvalue weighted by atomic mass is 16.2. The van der Waals surface area contributed by atoms with Crippen LogP contribution in [-0.2, 0) is 9.59 Å². The van der Waals surface area contributed by atoms with Gasteiger partial charge in [0.15, 0.2) is 0 Å². The summed E-state index contributed by atoms with van der Waals surface area (Å²) in [6.07, 6.45) is 2.13. The van der Waals surface area contributed by atoms with Gasteiger partial charge in [-0.1, -0.05) is 19.1 Å². The summed E-state index contributed by atoms with van der Waals surface area (Å²) >= 11 is 0. The van der Waals surface area contributed by atoms with Crippen LogP contribution in [0.25, 0.3) is 0 Å². The maximum Gasteiger partial charge on any atom is 0.232 e. The molecule has 2 amide bonds. The quantitative estimate of drug-likeness (QED) is 0.791. The smallest absolute Gasteiger partial charge is 0.232 e. The Morgan fingerprint density at radius 3 is 2.16 bits per heavy atom. The van der Waals surface area contributed by atoms with Gasteiger partial charge in [-0.15, -0.1) is 0 Å². The van der Waals surface area contributed by atoms with Crippen LogP contribution < -0.4 is 4.90 Å². The van der Waals surface area contributed by atoms with Crippen LogP contribution in [0.1, 0.15) is 31.7 Å². The molecule has 0 aliphatic carbocycles. The van der Waals surface area contributed by atoms with Gasteiger partial charge in [0.1, 0.15) is 6.42 Å². The van der Waals surface area contributed by atoms with Gasteiger partial charge in [0.05, 0.1) is 0 Å². The lowest BCUT2D eigenvalue weighted by atomic mass is 9.99. The SMILES string of the molecule is Cc1cccc(N2CCN(C(=O)CC(=O)N3CCC(C)CC3)CC2)c1. The fourth-order valence-corrected chi connectivity index (χ4v) is 3.65. The molecule has 3 rings (SSSR count). The molecule has 0 atom stereocenters. The average molecular weight is 343 g/mol. The minimum Gasteiger partial charge on any atom is -0.368 e. The van der Waals surface area contributed by atoms with Gasteiger partial charge in [-0.2, -0.15) is 0 Å². The third kappa shape index (κ3) is 4.53. The van der Waals surface area contributed by atoms with Gasteiger partial charge in [0, 0.05) is 45.0 Å². The van der Waals surface area contributed by atoms with E-state index in [0.717, 1.165) is 39.0 Å². The standard InChI is InChI=1S/C20H29N3O2/c1-16-6-8-22(9-7-16)19(24)15-20(25)23-12-10-21(11-13-23)18-5-3-4-17(2)14-18/h3-5,14,16H,6-13,15H2,1-2H3. The van der Waals surface area contributed by atoms with E-state index in [1.807, 2.05) is 9.80 Å². The Bertz CT molecular complexity index is 615. The predicted octanol–water partition coefficient (Wildman–Crippen LogP) is 2.29. The zero-order valence-corrected chi connectivity index (χ0v) is 15.4. The summed E-state index contributed by atoms with van der Waals surface area (Å²) in [5, 5.41) is 0. The number of hydrogen-bond acceptors (Lipinski definition) is 3. The molecule has 2 heterocycles. The Morgan fingerprint density at radius 1 is 0.960 bits per heavy atom. The van der Waals surface area contributed by atoms with Crippen LogP contribution in [0.3, 0.4) is 0 Å². The molecule has 136 valence electrons. The number of amides is 2. The number of anilines is 1. The van der Waals surface area contributed by atoms with E-state index in [1.165, 1.54) is 11.3 Å². The number of carbonyl (C=O) groups excluding carboxylic acids is 2. The first-order valence-electron chi connectivity index (χ1n) is 9.40. The summed E-state index contributed by atoms with van der Waals surface area (Å²) < 4.78 is 0. The summed E-state index contributed by atoms with van der Waals surface area (Å²) in [6.45, 7) is 8.95. The molecule has 0 bridgehead atoms. The second-order valence-corrected chi connectivity index (χ2v) is 7.45. The fraction of sp³-hybridized carbons (Fsp3) is 0.600. The highest BCUT2D eigenvalue weighted by Crippen LogP contribution is 2.19. The number of carbonyl (C=O) groups is 2. The first kappa shape index (κ1) is 17.8. The molecule has 0 N–H and O–H groups in total. The van der Waals surface area contributed by atoms with Crippen molar-refractivity contribution < 1.29 is 9.59 Å². The van der Waals surface area contributed by atoms with Gasteiger partial charge in [-0.3, -0.25) is 9.59 Å². The summed E-state index contributed by atoms with van der Waals surface area (Å²) in [5.74, 6) is 0.667. The van der Waals surface area contributed by atoms with Crippen molar-refractivity contribution in [2.45, 2.75) is 33.1 Å². The van der Waals surface area contributed by atoms with Crippen molar-refractivity contribution in [3.63, 3.8) is 0 Å². The zero-order valence-electron chi connectivity index (χ0n) is 15.4. The van der Waals surface area contributed by atoms with E-state index in [1.54, 1.807) is 0 Å². The van der Waals surface area contributed by atoms with Crippen molar-refractivity contribution >= 4 is 17.5 Å². The highest BCUT2D eigenvalue weighted by molar-refractivity contribution is 5.97. The number of piperazine rings is 1. The molecule has 0 unspecified atom stereocenters. The fourth-order valence-electron chi connectivity index (χ4n) is 3.65. The van der Waals surface area contributed by atoms with Crippen LogP contribution in [0, 0.1) is 12.8 Å². The monoisotopic (exact) mass is 343 g/mol. The van der Waals surface area contributed by atoms with Gasteiger partial charge in [-0.25, -0.2) is 0 Å². The number of hydrogen-bond donors (Lipinski definition) is 0. The molecule has 0 aromatic heterocycles. The van der Waals surface area contributed by atoms with Gasteiger partial charge >= 0.3 is 0 Å². The number of likely N-dealkylation sites (tertiary alicyclic amines) is 1. The topological polar surface area (TPSA) is 43.9 Å². The number of aryl methyl sites for hydroxylation is 1. The second kappa shape index (κ2) is 7.89. The van der Waals surface area contributed by atoms with Crippen LogP contribution in [0.5, 0.6) is 0 Å². The Hall–Kier alpha value is -2.04. The predicted molar refractivity (Wildman–Crippen MR) is 99.6 cm³/mol. The molecule has 0 saturated carbocycles.